The van der Waals surface area contributed by atoms with Gasteiger partial charge in [0, 0.05) is 6.42 Å². The highest BCUT2D eigenvalue weighted by Crippen LogP contribution is 2.17. The van der Waals surface area contributed by atoms with Gasteiger partial charge in [0.05, 0.1) is 12.6 Å². The lowest BCUT2D eigenvalue weighted by atomic mass is 10.0. The zero-order chi connectivity index (χ0) is 31.8. The van der Waals surface area contributed by atoms with Gasteiger partial charge < -0.3 is 0 Å². The summed E-state index contributed by atoms with van der Waals surface area (Å²) in [6.07, 6.45) is 52.2. The molecule has 1 aromatic rings. The number of hydrogen-bond acceptors (Lipinski definition) is 0. The molecule has 0 bridgehead atoms. The fourth-order valence-corrected chi connectivity index (χ4v) is 7.08. The molecule has 44 heavy (non-hydrogen) atoms. The molecule has 0 aliphatic rings. The first-order valence-corrected chi connectivity index (χ1v) is 20.8. The largest absolute Gasteiger partial charge is 0.256 e. The zero-order valence-electron chi connectivity index (χ0n) is 31.2. The van der Waals surface area contributed by atoms with Crippen molar-refractivity contribution >= 4 is 0 Å². The summed E-state index contributed by atoms with van der Waals surface area (Å²) in [6.45, 7) is 10.5. The van der Waals surface area contributed by atoms with E-state index in [4.69, 9.17) is 0 Å². The van der Waals surface area contributed by atoms with Gasteiger partial charge in [-0.05, 0) is 33.1 Å². The molecule has 260 valence electrons. The predicted octanol–water partition coefficient (Wildman–Crippen LogP) is 14.4. The fourth-order valence-electron chi connectivity index (χ4n) is 7.08. The summed E-state index contributed by atoms with van der Waals surface area (Å²) in [6, 6.07) is 0.568. The predicted molar refractivity (Wildman–Crippen MR) is 198 cm³/mol. The van der Waals surface area contributed by atoms with Crippen molar-refractivity contribution in [3.8, 4) is 0 Å². The van der Waals surface area contributed by atoms with Crippen LogP contribution < -0.4 is 4.57 Å². The van der Waals surface area contributed by atoms with Gasteiger partial charge in [-0.15, -0.1) is 0 Å². The summed E-state index contributed by atoms with van der Waals surface area (Å²) < 4.78 is 5.13. The van der Waals surface area contributed by atoms with E-state index in [1.165, 1.54) is 218 Å². The molecule has 0 saturated heterocycles. The van der Waals surface area contributed by atoms with E-state index >= 15 is 0 Å². The van der Waals surface area contributed by atoms with Crippen LogP contribution in [-0.4, -0.2) is 4.57 Å². The van der Waals surface area contributed by atoms with Gasteiger partial charge in [-0.1, -0.05) is 200 Å². The maximum atomic E-state index is 2.59. The summed E-state index contributed by atoms with van der Waals surface area (Å²) in [5, 5.41) is 0. The first-order chi connectivity index (χ1) is 21.7. The van der Waals surface area contributed by atoms with E-state index in [1.807, 2.05) is 0 Å². The Labute approximate surface area is 279 Å². The Morgan fingerprint density at radius 3 is 1.05 bits per heavy atom. The summed E-state index contributed by atoms with van der Waals surface area (Å²) in [5.41, 5.74) is 0. The molecular formula is C42H83N2+. The number of aromatic nitrogens is 2. The van der Waals surface area contributed by atoms with Crippen LogP contribution in [0.2, 0.25) is 0 Å². The van der Waals surface area contributed by atoms with Crippen LogP contribution in [0.3, 0.4) is 0 Å². The van der Waals surface area contributed by atoms with Crippen molar-refractivity contribution in [2.75, 3.05) is 0 Å². The van der Waals surface area contributed by atoms with Gasteiger partial charge in [0.15, 0.2) is 0 Å². The maximum Gasteiger partial charge on any atom is 0.256 e. The van der Waals surface area contributed by atoms with Gasteiger partial charge >= 0.3 is 0 Å². The number of nitrogens with zero attached hydrogens (tertiary/aromatic N) is 2. The molecule has 1 rings (SSSR count). The number of unbranched alkanes of at least 4 members (excludes halogenated alkanes) is 30. The normalized spacial score (nSPS) is 11.8. The van der Waals surface area contributed by atoms with Crippen LogP contribution in [0.4, 0.5) is 0 Å². The topological polar surface area (TPSA) is 8.81 Å². The summed E-state index contributed by atoms with van der Waals surface area (Å²) in [7, 11) is 0. The van der Waals surface area contributed by atoms with E-state index in [-0.39, 0.29) is 0 Å². The van der Waals surface area contributed by atoms with Crippen LogP contribution in [0.1, 0.15) is 245 Å². The van der Waals surface area contributed by atoms with Crippen LogP contribution in [0.25, 0.3) is 0 Å². The minimum atomic E-state index is 0.568. The molecule has 0 fully saturated rings. The van der Waals surface area contributed by atoms with Gasteiger partial charge in [-0.3, -0.25) is 0 Å². The van der Waals surface area contributed by atoms with Crippen LogP contribution in [0, 0.1) is 0 Å². The van der Waals surface area contributed by atoms with Crippen molar-refractivity contribution in [3.05, 3.63) is 18.2 Å². The maximum absolute atomic E-state index is 2.59. The summed E-state index contributed by atoms with van der Waals surface area (Å²) in [4.78, 5) is 0. The molecule has 0 aliphatic heterocycles. The molecule has 0 aliphatic carbocycles. The third-order valence-corrected chi connectivity index (χ3v) is 10.1. The van der Waals surface area contributed by atoms with E-state index < -0.39 is 0 Å². The molecule has 0 N–H and O–H groups in total. The molecule has 2 nitrogen and oxygen atoms in total. The van der Waals surface area contributed by atoms with Crippen molar-refractivity contribution in [2.24, 2.45) is 0 Å². The second-order valence-electron chi connectivity index (χ2n) is 14.8. The Kier molecular flexibility index (Phi) is 30.1. The van der Waals surface area contributed by atoms with E-state index in [2.05, 4.69) is 49.2 Å². The fraction of sp³-hybridized carbons (Fsp3) is 0.929. The second-order valence-corrected chi connectivity index (χ2v) is 14.8. The standard InChI is InChI=1S/C42H83N2/c1-5-7-9-11-13-15-17-19-21-22-23-25-27-29-31-33-35-37-42-43(39-40-44(42)41(3)4)38-36-34-32-30-28-26-24-20-18-16-14-12-10-8-6-2/h39-41H,5-38H2,1-4H3/q+1. The molecule has 1 aromatic heterocycles. The highest BCUT2D eigenvalue weighted by Gasteiger charge is 2.18. The Morgan fingerprint density at radius 1 is 0.432 bits per heavy atom. The van der Waals surface area contributed by atoms with E-state index in [1.54, 1.807) is 5.82 Å². The van der Waals surface area contributed by atoms with Gasteiger partial charge in [0.2, 0.25) is 0 Å². The smallest absolute Gasteiger partial charge is 0.234 e. The van der Waals surface area contributed by atoms with Crippen molar-refractivity contribution in [1.29, 1.82) is 0 Å². The van der Waals surface area contributed by atoms with Gasteiger partial charge in [-0.2, -0.15) is 0 Å². The SMILES string of the molecule is CCCCCCCCCCCCCCCCCCCc1n(C(C)C)cc[n+]1CCCCCCCCCCCCCCCCC. The van der Waals surface area contributed by atoms with E-state index in [9.17, 15) is 0 Å². The minimum absolute atomic E-state index is 0.568. The van der Waals surface area contributed by atoms with Crippen molar-refractivity contribution < 1.29 is 4.57 Å². The Morgan fingerprint density at radius 2 is 0.727 bits per heavy atom. The molecule has 0 amide bonds. The first kappa shape index (κ1) is 41.2. The number of rotatable bonds is 35. The lowest BCUT2D eigenvalue weighted by Gasteiger charge is -2.08. The molecule has 0 atom stereocenters. The van der Waals surface area contributed by atoms with Gasteiger partial charge in [0.25, 0.3) is 5.82 Å². The third kappa shape index (κ3) is 24.4. The summed E-state index contributed by atoms with van der Waals surface area (Å²) >= 11 is 0. The lowest BCUT2D eigenvalue weighted by Crippen LogP contribution is -2.37. The quantitative estimate of drug-likeness (QED) is 0.0530. The Balaban J connectivity index is 2.00. The molecule has 0 aromatic carbocycles. The summed E-state index contributed by atoms with van der Waals surface area (Å²) in [5.74, 6) is 1.58. The second kappa shape index (κ2) is 32.2. The molecule has 2 heteroatoms. The average molecular weight is 616 g/mol. The third-order valence-electron chi connectivity index (χ3n) is 10.1. The highest BCUT2D eigenvalue weighted by atomic mass is 15.2. The Hall–Kier alpha value is -0.790. The van der Waals surface area contributed by atoms with Gasteiger partial charge in [0.1, 0.15) is 12.4 Å². The van der Waals surface area contributed by atoms with E-state index in [0.29, 0.717) is 6.04 Å². The molecule has 0 unspecified atom stereocenters. The molecule has 1 heterocycles. The van der Waals surface area contributed by atoms with Gasteiger partial charge in [-0.25, -0.2) is 9.13 Å². The van der Waals surface area contributed by atoms with Crippen LogP contribution in [-0.2, 0) is 13.0 Å². The Bertz CT molecular complexity index is 690. The van der Waals surface area contributed by atoms with Crippen molar-refractivity contribution in [1.82, 2.24) is 4.57 Å². The lowest BCUT2D eigenvalue weighted by molar-refractivity contribution is -0.704. The van der Waals surface area contributed by atoms with Crippen LogP contribution in [0.5, 0.6) is 0 Å². The van der Waals surface area contributed by atoms with Crippen molar-refractivity contribution in [2.45, 2.75) is 252 Å². The number of imidazole rings is 1. The monoisotopic (exact) mass is 616 g/mol. The number of hydrogen-bond donors (Lipinski definition) is 0. The van der Waals surface area contributed by atoms with E-state index in [0.717, 1.165) is 0 Å². The molecule has 0 saturated carbocycles. The molecule has 0 radical (unpaired) electrons. The first-order valence-electron chi connectivity index (χ1n) is 20.8. The van der Waals surface area contributed by atoms with Crippen molar-refractivity contribution in [3.63, 3.8) is 0 Å². The van der Waals surface area contributed by atoms with Crippen LogP contribution >= 0.6 is 0 Å². The minimum Gasteiger partial charge on any atom is -0.234 e. The number of aryl methyl sites for hydroxylation is 1. The van der Waals surface area contributed by atoms with Crippen LogP contribution in [0.15, 0.2) is 12.4 Å². The average Bonchev–Trinajstić information content (AvgIpc) is 3.43. The molecule has 0 spiro atoms. The highest BCUT2D eigenvalue weighted by molar-refractivity contribution is 4.86. The molecular weight excluding hydrogens is 532 g/mol. The zero-order valence-corrected chi connectivity index (χ0v) is 31.2.